The van der Waals surface area contributed by atoms with Crippen LogP contribution in [-0.2, 0) is 0 Å². The van der Waals surface area contributed by atoms with Gasteiger partial charge < -0.3 is 9.84 Å². The van der Waals surface area contributed by atoms with Crippen LogP contribution in [0.5, 0.6) is 11.6 Å². The zero-order valence-electron chi connectivity index (χ0n) is 9.99. The van der Waals surface area contributed by atoms with E-state index in [1.807, 2.05) is 0 Å². The number of ether oxygens (including phenoxy) is 1. The summed E-state index contributed by atoms with van der Waals surface area (Å²) in [6.45, 7) is 0. The molecule has 10 heteroatoms. The number of aromatic carboxylic acids is 1. The molecule has 2 rings (SSSR count). The molecule has 0 aliphatic rings. The molecule has 0 saturated carbocycles. The molecule has 0 radical (unpaired) electrons. The molecule has 0 spiro atoms. The first-order valence-corrected chi connectivity index (χ1v) is 6.01. The molecule has 0 unspecified atom stereocenters. The van der Waals surface area contributed by atoms with Crippen molar-refractivity contribution in [3.05, 3.63) is 50.4 Å². The Hall–Kier alpha value is -2.45. The zero-order valence-corrected chi connectivity index (χ0v) is 11.5. The van der Waals surface area contributed by atoms with Gasteiger partial charge in [0.15, 0.2) is 0 Å². The Bertz CT molecular complexity index is 738. The monoisotopic (exact) mass is 329 g/mol. The van der Waals surface area contributed by atoms with Crippen LogP contribution in [0.4, 0.5) is 5.69 Å². The van der Waals surface area contributed by atoms with Crippen molar-refractivity contribution < 1.29 is 19.6 Å². The van der Waals surface area contributed by atoms with Crippen LogP contribution in [0, 0.1) is 10.1 Å². The summed E-state index contributed by atoms with van der Waals surface area (Å²) in [5.74, 6) is -2.08. The number of rotatable bonds is 4. The molecule has 0 aliphatic heterocycles. The molecule has 0 saturated heterocycles. The minimum Gasteiger partial charge on any atom is -0.476 e. The molecular weight excluding hydrogens is 325 g/mol. The summed E-state index contributed by atoms with van der Waals surface area (Å²) in [5, 5.41) is 19.9. The van der Waals surface area contributed by atoms with Crippen molar-refractivity contribution in [1.29, 1.82) is 0 Å². The van der Waals surface area contributed by atoms with E-state index >= 15 is 0 Å². The van der Waals surface area contributed by atoms with Crippen molar-refractivity contribution in [3.8, 4) is 11.6 Å². The summed E-state index contributed by atoms with van der Waals surface area (Å²) in [4.78, 5) is 28.5. The van der Waals surface area contributed by atoms with Gasteiger partial charge in [-0.3, -0.25) is 10.1 Å². The molecule has 1 N–H and O–H groups in total. The molecule has 1 aromatic heterocycles. The third kappa shape index (κ3) is 3.18. The standard InChI is InChI=1S/C11H5Cl2N3O5/c12-5-3-7(16(19)20)8(4-6(5)13)21-10-9(11(17)18)14-1-2-15-10/h1-4H,(H,17,18). The van der Waals surface area contributed by atoms with E-state index in [0.29, 0.717) is 0 Å². The van der Waals surface area contributed by atoms with Crippen molar-refractivity contribution in [2.45, 2.75) is 0 Å². The molecule has 1 heterocycles. The van der Waals surface area contributed by atoms with E-state index in [4.69, 9.17) is 33.0 Å². The number of benzene rings is 1. The summed E-state index contributed by atoms with van der Waals surface area (Å²) >= 11 is 11.5. The maximum atomic E-state index is 11.0. The molecule has 1 aromatic carbocycles. The lowest BCUT2D eigenvalue weighted by molar-refractivity contribution is -0.385. The van der Waals surface area contributed by atoms with Crippen LogP contribution in [0.15, 0.2) is 24.5 Å². The fourth-order valence-electron chi connectivity index (χ4n) is 1.39. The first kappa shape index (κ1) is 14.9. The second kappa shape index (κ2) is 5.90. The Kier molecular flexibility index (Phi) is 4.20. The van der Waals surface area contributed by atoms with Gasteiger partial charge in [-0.25, -0.2) is 14.8 Å². The average molecular weight is 330 g/mol. The van der Waals surface area contributed by atoms with Gasteiger partial charge >= 0.3 is 11.7 Å². The van der Waals surface area contributed by atoms with Crippen LogP contribution in [0.2, 0.25) is 10.0 Å². The SMILES string of the molecule is O=C(O)c1nccnc1Oc1cc(Cl)c(Cl)cc1[N+](=O)[O-]. The van der Waals surface area contributed by atoms with Crippen LogP contribution in [0.25, 0.3) is 0 Å². The van der Waals surface area contributed by atoms with Crippen molar-refractivity contribution in [3.63, 3.8) is 0 Å². The second-order valence-corrected chi connectivity index (χ2v) is 4.42. The number of hydrogen-bond donors (Lipinski definition) is 1. The van der Waals surface area contributed by atoms with Crippen LogP contribution in [-0.4, -0.2) is 26.0 Å². The fourth-order valence-corrected chi connectivity index (χ4v) is 1.70. The number of nitro benzene ring substituents is 1. The molecule has 0 bridgehead atoms. The van der Waals surface area contributed by atoms with Crippen molar-refractivity contribution in [1.82, 2.24) is 9.97 Å². The molecule has 2 aromatic rings. The number of carboxylic acids is 1. The van der Waals surface area contributed by atoms with E-state index in [0.717, 1.165) is 18.3 Å². The zero-order chi connectivity index (χ0) is 15.6. The number of nitro groups is 1. The molecule has 8 nitrogen and oxygen atoms in total. The van der Waals surface area contributed by atoms with Crippen LogP contribution in [0.3, 0.4) is 0 Å². The number of carbonyl (C=O) groups is 1. The maximum absolute atomic E-state index is 11.0. The quantitative estimate of drug-likeness (QED) is 0.676. The molecule has 108 valence electrons. The highest BCUT2D eigenvalue weighted by atomic mass is 35.5. The Balaban J connectivity index is 2.52. The van der Waals surface area contributed by atoms with Gasteiger partial charge in [0.05, 0.1) is 15.0 Å². The van der Waals surface area contributed by atoms with Gasteiger partial charge in [-0.1, -0.05) is 23.2 Å². The van der Waals surface area contributed by atoms with Gasteiger partial charge in [0.25, 0.3) is 5.88 Å². The number of aromatic nitrogens is 2. The number of nitrogens with zero attached hydrogens (tertiary/aromatic N) is 3. The predicted molar refractivity (Wildman–Crippen MR) is 72.2 cm³/mol. The Morgan fingerprint density at radius 1 is 1.24 bits per heavy atom. The lowest BCUT2D eigenvalue weighted by Crippen LogP contribution is -2.05. The minimum absolute atomic E-state index is 0.0121. The van der Waals surface area contributed by atoms with Crippen molar-refractivity contribution in [2.75, 3.05) is 0 Å². The van der Waals surface area contributed by atoms with Gasteiger partial charge in [-0.2, -0.15) is 0 Å². The van der Waals surface area contributed by atoms with Crippen LogP contribution >= 0.6 is 23.2 Å². The third-order valence-corrected chi connectivity index (χ3v) is 2.99. The summed E-state index contributed by atoms with van der Waals surface area (Å²) in [5.41, 5.74) is -0.968. The average Bonchev–Trinajstić information content (AvgIpc) is 2.42. The van der Waals surface area contributed by atoms with Crippen molar-refractivity contribution in [2.24, 2.45) is 0 Å². The molecule has 0 aliphatic carbocycles. The molecule has 0 atom stereocenters. The Morgan fingerprint density at radius 2 is 1.86 bits per heavy atom. The normalized spacial score (nSPS) is 10.2. The largest absolute Gasteiger partial charge is 0.476 e. The van der Waals surface area contributed by atoms with Gasteiger partial charge in [0.2, 0.25) is 11.4 Å². The predicted octanol–water partition coefficient (Wildman–Crippen LogP) is 3.18. The number of carboxylic acid groups (broad SMARTS) is 1. The summed E-state index contributed by atoms with van der Waals surface area (Å²) in [6.07, 6.45) is 2.34. The molecule has 0 amide bonds. The van der Waals surface area contributed by atoms with E-state index in [-0.39, 0.29) is 15.8 Å². The molecule has 0 fully saturated rings. The Labute approximate surface area is 127 Å². The van der Waals surface area contributed by atoms with E-state index in [2.05, 4.69) is 9.97 Å². The fraction of sp³-hybridized carbons (Fsp3) is 0. The van der Waals surface area contributed by atoms with Gasteiger partial charge in [0, 0.05) is 24.5 Å². The summed E-state index contributed by atoms with van der Waals surface area (Å²) < 4.78 is 5.16. The van der Waals surface area contributed by atoms with Gasteiger partial charge in [-0.05, 0) is 0 Å². The number of halogens is 2. The molecular formula is C11H5Cl2N3O5. The highest BCUT2D eigenvalue weighted by Crippen LogP contribution is 2.38. The third-order valence-electron chi connectivity index (χ3n) is 2.27. The second-order valence-electron chi connectivity index (χ2n) is 3.61. The highest BCUT2D eigenvalue weighted by molar-refractivity contribution is 6.42. The van der Waals surface area contributed by atoms with Gasteiger partial charge in [0.1, 0.15) is 0 Å². The van der Waals surface area contributed by atoms with E-state index in [9.17, 15) is 14.9 Å². The maximum Gasteiger partial charge on any atom is 0.360 e. The topological polar surface area (TPSA) is 115 Å². The molecule has 21 heavy (non-hydrogen) atoms. The minimum atomic E-state index is -1.39. The summed E-state index contributed by atoms with van der Waals surface area (Å²) in [6, 6.07) is 2.10. The van der Waals surface area contributed by atoms with Crippen molar-refractivity contribution >= 4 is 34.9 Å². The smallest absolute Gasteiger partial charge is 0.360 e. The van der Waals surface area contributed by atoms with Gasteiger partial charge in [-0.15, -0.1) is 0 Å². The van der Waals surface area contributed by atoms with Crippen LogP contribution in [0.1, 0.15) is 10.5 Å². The first-order chi connectivity index (χ1) is 9.90. The number of hydrogen-bond acceptors (Lipinski definition) is 6. The Morgan fingerprint density at radius 3 is 2.48 bits per heavy atom. The van der Waals surface area contributed by atoms with Crippen LogP contribution < -0.4 is 4.74 Å². The lowest BCUT2D eigenvalue weighted by Gasteiger charge is -2.08. The lowest BCUT2D eigenvalue weighted by atomic mass is 10.3. The highest BCUT2D eigenvalue weighted by Gasteiger charge is 2.22. The van der Waals surface area contributed by atoms with E-state index in [1.54, 1.807) is 0 Å². The van der Waals surface area contributed by atoms with E-state index < -0.39 is 28.2 Å². The van der Waals surface area contributed by atoms with E-state index in [1.165, 1.54) is 6.20 Å². The summed E-state index contributed by atoms with van der Waals surface area (Å²) in [7, 11) is 0. The first-order valence-electron chi connectivity index (χ1n) is 5.25.